The number of ether oxygens (including phenoxy) is 1. The summed E-state index contributed by atoms with van der Waals surface area (Å²) < 4.78 is 6.24. The minimum atomic E-state index is 0.190. The summed E-state index contributed by atoms with van der Waals surface area (Å²) in [6, 6.07) is 15.7. The van der Waals surface area contributed by atoms with Crippen LogP contribution in [0.2, 0.25) is 0 Å². The molecule has 0 aliphatic carbocycles. The van der Waals surface area contributed by atoms with E-state index in [1.165, 1.54) is 0 Å². The van der Waals surface area contributed by atoms with Crippen LogP contribution in [0.3, 0.4) is 0 Å². The van der Waals surface area contributed by atoms with Crippen molar-refractivity contribution in [1.29, 1.82) is 0 Å². The predicted molar refractivity (Wildman–Crippen MR) is 86.6 cm³/mol. The zero-order valence-corrected chi connectivity index (χ0v) is 13.5. The van der Waals surface area contributed by atoms with Crippen molar-refractivity contribution < 1.29 is 9.53 Å². The second kappa shape index (κ2) is 7.50. The molecular formula is C16H15BrO2S. The summed E-state index contributed by atoms with van der Waals surface area (Å²) in [5.74, 6) is 1.42. The summed E-state index contributed by atoms with van der Waals surface area (Å²) in [6.45, 7) is 0. The first-order chi connectivity index (χ1) is 9.69. The Balaban J connectivity index is 1.96. The molecule has 0 aromatic heterocycles. The van der Waals surface area contributed by atoms with Gasteiger partial charge in [-0.1, -0.05) is 34.1 Å². The zero-order chi connectivity index (χ0) is 14.4. The molecule has 4 heteroatoms. The summed E-state index contributed by atoms with van der Waals surface area (Å²) in [6.07, 6.45) is 0.391. The molecule has 0 saturated heterocycles. The number of carbonyl (C=O) groups excluding carboxylic acids is 1. The average molecular weight is 351 g/mol. The normalized spacial score (nSPS) is 10.3. The zero-order valence-electron chi connectivity index (χ0n) is 11.1. The number of Topliss-reactive ketones (excluding diaryl/α,β-unsaturated/α-hetero) is 1. The Labute approximate surface area is 131 Å². The molecule has 0 heterocycles. The Morgan fingerprint density at radius 1 is 1.20 bits per heavy atom. The van der Waals surface area contributed by atoms with Crippen LogP contribution >= 0.6 is 27.7 Å². The van der Waals surface area contributed by atoms with E-state index in [0.29, 0.717) is 12.2 Å². The molecule has 104 valence electrons. The molecule has 0 amide bonds. The number of ketones is 1. The first-order valence-corrected chi connectivity index (χ1v) is 7.99. The van der Waals surface area contributed by atoms with E-state index >= 15 is 0 Å². The van der Waals surface area contributed by atoms with Gasteiger partial charge in [0.2, 0.25) is 0 Å². The number of hydrogen-bond donors (Lipinski definition) is 0. The highest BCUT2D eigenvalue weighted by atomic mass is 79.9. The maximum Gasteiger partial charge on any atom is 0.147 e. The molecule has 20 heavy (non-hydrogen) atoms. The largest absolute Gasteiger partial charge is 0.496 e. The number of benzene rings is 2. The van der Waals surface area contributed by atoms with E-state index in [9.17, 15) is 4.79 Å². The summed E-state index contributed by atoms with van der Waals surface area (Å²) in [4.78, 5) is 13.2. The van der Waals surface area contributed by atoms with Crippen LogP contribution in [-0.2, 0) is 11.2 Å². The van der Waals surface area contributed by atoms with E-state index < -0.39 is 0 Å². The van der Waals surface area contributed by atoms with Crippen LogP contribution in [0.5, 0.6) is 5.75 Å². The standard InChI is InChI=1S/C16H15BrO2S/c1-19-16-8-7-13(17)9-12(16)10-14(18)11-20-15-5-3-2-4-6-15/h2-9H,10-11H2,1H3. The minimum Gasteiger partial charge on any atom is -0.496 e. The van der Waals surface area contributed by atoms with Crippen LogP contribution in [0.25, 0.3) is 0 Å². The van der Waals surface area contributed by atoms with Gasteiger partial charge in [-0.25, -0.2) is 0 Å². The van der Waals surface area contributed by atoms with Crippen molar-refractivity contribution in [2.24, 2.45) is 0 Å². The molecule has 0 fully saturated rings. The lowest BCUT2D eigenvalue weighted by atomic mass is 10.1. The molecule has 0 atom stereocenters. The maximum atomic E-state index is 12.1. The van der Waals surface area contributed by atoms with Crippen LogP contribution in [0.1, 0.15) is 5.56 Å². The summed E-state index contributed by atoms with van der Waals surface area (Å²) in [7, 11) is 1.62. The van der Waals surface area contributed by atoms with E-state index in [2.05, 4.69) is 15.9 Å². The summed E-state index contributed by atoms with van der Waals surface area (Å²) >= 11 is 4.98. The number of carbonyl (C=O) groups is 1. The Hall–Kier alpha value is -1.26. The average Bonchev–Trinajstić information content (AvgIpc) is 2.46. The van der Waals surface area contributed by atoms with Crippen molar-refractivity contribution in [1.82, 2.24) is 0 Å². The molecule has 0 N–H and O–H groups in total. The van der Waals surface area contributed by atoms with Gasteiger partial charge in [-0.15, -0.1) is 11.8 Å². The van der Waals surface area contributed by atoms with Crippen LogP contribution in [0.15, 0.2) is 57.9 Å². The highest BCUT2D eigenvalue weighted by Gasteiger charge is 2.10. The molecule has 0 aliphatic rings. The van der Waals surface area contributed by atoms with Gasteiger partial charge in [0.15, 0.2) is 0 Å². The maximum absolute atomic E-state index is 12.1. The minimum absolute atomic E-state index is 0.190. The van der Waals surface area contributed by atoms with Crippen molar-refractivity contribution in [3.05, 3.63) is 58.6 Å². The SMILES string of the molecule is COc1ccc(Br)cc1CC(=O)CSc1ccccc1. The van der Waals surface area contributed by atoms with E-state index in [1.807, 2.05) is 48.5 Å². The van der Waals surface area contributed by atoms with Crippen molar-refractivity contribution in [3.63, 3.8) is 0 Å². The number of thioether (sulfide) groups is 1. The van der Waals surface area contributed by atoms with Crippen LogP contribution in [0, 0.1) is 0 Å². The number of rotatable bonds is 6. The van der Waals surface area contributed by atoms with E-state index in [-0.39, 0.29) is 5.78 Å². The Kier molecular flexibility index (Phi) is 5.68. The van der Waals surface area contributed by atoms with Gasteiger partial charge in [0.25, 0.3) is 0 Å². The molecule has 2 aromatic carbocycles. The Morgan fingerprint density at radius 2 is 1.95 bits per heavy atom. The third-order valence-corrected chi connectivity index (χ3v) is 4.34. The Morgan fingerprint density at radius 3 is 2.65 bits per heavy atom. The fourth-order valence-electron chi connectivity index (χ4n) is 1.83. The van der Waals surface area contributed by atoms with Gasteiger partial charge < -0.3 is 4.74 Å². The third kappa shape index (κ3) is 4.39. The van der Waals surface area contributed by atoms with E-state index in [1.54, 1.807) is 18.9 Å². The van der Waals surface area contributed by atoms with Gasteiger partial charge in [0, 0.05) is 21.4 Å². The lowest BCUT2D eigenvalue weighted by Gasteiger charge is -2.08. The van der Waals surface area contributed by atoms with Crippen LogP contribution in [-0.4, -0.2) is 18.6 Å². The highest BCUT2D eigenvalue weighted by Crippen LogP contribution is 2.24. The van der Waals surface area contributed by atoms with Gasteiger partial charge >= 0.3 is 0 Å². The van der Waals surface area contributed by atoms with Crippen molar-refractivity contribution in [3.8, 4) is 5.75 Å². The monoisotopic (exact) mass is 350 g/mol. The van der Waals surface area contributed by atoms with Gasteiger partial charge in [-0.05, 0) is 30.3 Å². The van der Waals surface area contributed by atoms with E-state index in [0.717, 1.165) is 20.7 Å². The molecule has 2 nitrogen and oxygen atoms in total. The fraction of sp³-hybridized carbons (Fsp3) is 0.188. The van der Waals surface area contributed by atoms with Crippen LogP contribution < -0.4 is 4.74 Å². The molecular weight excluding hydrogens is 336 g/mol. The molecule has 0 unspecified atom stereocenters. The fourth-order valence-corrected chi connectivity index (χ4v) is 3.02. The predicted octanol–water partition coefficient (Wildman–Crippen LogP) is 4.36. The number of methoxy groups -OCH3 is 1. The summed E-state index contributed by atoms with van der Waals surface area (Å²) in [5.41, 5.74) is 0.917. The van der Waals surface area contributed by atoms with Gasteiger partial charge in [-0.2, -0.15) is 0 Å². The molecule has 0 spiro atoms. The highest BCUT2D eigenvalue weighted by molar-refractivity contribution is 9.10. The quantitative estimate of drug-likeness (QED) is 0.724. The van der Waals surface area contributed by atoms with Gasteiger partial charge in [-0.3, -0.25) is 4.79 Å². The summed E-state index contributed by atoms with van der Waals surface area (Å²) in [5, 5.41) is 0. The number of hydrogen-bond acceptors (Lipinski definition) is 3. The smallest absolute Gasteiger partial charge is 0.147 e. The van der Waals surface area contributed by atoms with Gasteiger partial charge in [0.05, 0.1) is 12.9 Å². The second-order valence-electron chi connectivity index (χ2n) is 4.27. The van der Waals surface area contributed by atoms with E-state index in [4.69, 9.17) is 4.74 Å². The molecule has 2 rings (SSSR count). The lowest BCUT2D eigenvalue weighted by Crippen LogP contribution is -2.07. The first-order valence-electron chi connectivity index (χ1n) is 6.21. The van der Waals surface area contributed by atoms with Gasteiger partial charge in [0.1, 0.15) is 11.5 Å². The van der Waals surface area contributed by atoms with Crippen molar-refractivity contribution >= 4 is 33.5 Å². The van der Waals surface area contributed by atoms with Crippen molar-refractivity contribution in [2.75, 3.05) is 12.9 Å². The lowest BCUT2D eigenvalue weighted by molar-refractivity contribution is -0.116. The van der Waals surface area contributed by atoms with Crippen molar-refractivity contribution in [2.45, 2.75) is 11.3 Å². The second-order valence-corrected chi connectivity index (χ2v) is 6.24. The third-order valence-electron chi connectivity index (χ3n) is 2.77. The molecule has 2 aromatic rings. The molecule has 0 aliphatic heterocycles. The molecule has 0 saturated carbocycles. The molecule has 0 bridgehead atoms. The first kappa shape index (κ1) is 15.1. The molecule has 0 radical (unpaired) electrons. The Bertz CT molecular complexity index is 584. The topological polar surface area (TPSA) is 26.3 Å². The van der Waals surface area contributed by atoms with Crippen LogP contribution in [0.4, 0.5) is 0 Å². The number of halogens is 1.